The Morgan fingerprint density at radius 2 is 1.79 bits per heavy atom. The van der Waals surface area contributed by atoms with Gasteiger partial charge in [-0.25, -0.2) is 14.8 Å². The van der Waals surface area contributed by atoms with Gasteiger partial charge in [0.25, 0.3) is 0 Å². The minimum Gasteiger partial charge on any atom is -0.350 e. The number of benzene rings is 1. The summed E-state index contributed by atoms with van der Waals surface area (Å²) in [5.41, 5.74) is 6.74. The highest BCUT2D eigenvalue weighted by atomic mass is 16.1. The van der Waals surface area contributed by atoms with Crippen LogP contribution >= 0.6 is 0 Å². The van der Waals surface area contributed by atoms with Crippen molar-refractivity contribution in [3.63, 3.8) is 0 Å². The average Bonchev–Trinajstić information content (AvgIpc) is 3.07. The maximum Gasteiger partial charge on any atom is 0.328 e. The lowest BCUT2D eigenvalue weighted by molar-refractivity contribution is 0.731. The van der Waals surface area contributed by atoms with Gasteiger partial charge in [-0.1, -0.05) is 6.07 Å². The number of nitrogens with zero attached hydrogens (tertiary/aromatic N) is 6. The molecule has 8 nitrogen and oxygen atoms in total. The molecule has 1 aromatic carbocycles. The molecule has 0 saturated carbocycles. The molecule has 0 radical (unpaired) electrons. The Kier molecular flexibility index (Phi) is 4.26. The molecule has 0 atom stereocenters. The summed E-state index contributed by atoms with van der Waals surface area (Å²) in [6, 6.07) is 7.89. The van der Waals surface area contributed by atoms with Crippen LogP contribution in [0.3, 0.4) is 0 Å². The predicted octanol–water partition coefficient (Wildman–Crippen LogP) is 2.30. The Morgan fingerprint density at radius 3 is 2.50 bits per heavy atom. The van der Waals surface area contributed by atoms with Crippen LogP contribution in [0.15, 0.2) is 35.3 Å². The summed E-state index contributed by atoms with van der Waals surface area (Å²) in [5, 5.41) is 7.74. The number of hydrogen-bond acceptors (Lipinski definition) is 5. The Bertz CT molecular complexity index is 1250. The second-order valence-corrected chi connectivity index (χ2v) is 7.01. The second-order valence-electron chi connectivity index (χ2n) is 7.01. The van der Waals surface area contributed by atoms with E-state index >= 15 is 0 Å². The molecule has 0 spiro atoms. The van der Waals surface area contributed by atoms with Crippen LogP contribution in [0.4, 0.5) is 5.95 Å². The summed E-state index contributed by atoms with van der Waals surface area (Å²) in [7, 11) is 5.50. The SMILES string of the molecule is Cc1nn(C)c(C)c1-c1ccnc(NCc2ccc3c(c2)n(C)c(=O)n3C)n1. The Morgan fingerprint density at radius 1 is 1.04 bits per heavy atom. The lowest BCUT2D eigenvalue weighted by Gasteiger charge is -2.08. The zero-order valence-electron chi connectivity index (χ0n) is 16.7. The number of fused-ring (bicyclic) bond motifs is 1. The van der Waals surface area contributed by atoms with Crippen molar-refractivity contribution in [2.75, 3.05) is 5.32 Å². The van der Waals surface area contributed by atoms with Crippen LogP contribution in [0.5, 0.6) is 0 Å². The molecule has 4 aromatic rings. The van der Waals surface area contributed by atoms with Gasteiger partial charge >= 0.3 is 5.69 Å². The third kappa shape index (κ3) is 2.87. The molecule has 0 aliphatic heterocycles. The number of anilines is 1. The van der Waals surface area contributed by atoms with E-state index in [0.29, 0.717) is 12.5 Å². The first kappa shape index (κ1) is 18.0. The molecule has 0 fully saturated rings. The van der Waals surface area contributed by atoms with E-state index in [0.717, 1.165) is 39.2 Å². The van der Waals surface area contributed by atoms with Crippen molar-refractivity contribution >= 4 is 17.0 Å². The van der Waals surface area contributed by atoms with Gasteiger partial charge in [0.1, 0.15) is 0 Å². The van der Waals surface area contributed by atoms with Gasteiger partial charge in [0.2, 0.25) is 5.95 Å². The number of aromatic nitrogens is 6. The summed E-state index contributed by atoms with van der Waals surface area (Å²) < 4.78 is 5.17. The summed E-state index contributed by atoms with van der Waals surface area (Å²) in [5.74, 6) is 0.558. The fourth-order valence-electron chi connectivity index (χ4n) is 3.57. The number of hydrogen-bond donors (Lipinski definition) is 1. The largest absolute Gasteiger partial charge is 0.350 e. The molecule has 0 aliphatic carbocycles. The zero-order chi connectivity index (χ0) is 20.0. The highest BCUT2D eigenvalue weighted by Crippen LogP contribution is 2.25. The first-order valence-corrected chi connectivity index (χ1v) is 9.08. The van der Waals surface area contributed by atoms with Gasteiger partial charge in [0, 0.05) is 45.1 Å². The Hall–Kier alpha value is -3.42. The van der Waals surface area contributed by atoms with E-state index in [1.165, 1.54) is 0 Å². The molecule has 0 aliphatic rings. The van der Waals surface area contributed by atoms with Crippen molar-refractivity contribution in [2.45, 2.75) is 20.4 Å². The van der Waals surface area contributed by atoms with Gasteiger partial charge in [-0.05, 0) is 37.6 Å². The van der Waals surface area contributed by atoms with Crippen LogP contribution in [0.25, 0.3) is 22.3 Å². The van der Waals surface area contributed by atoms with Crippen LogP contribution in [0, 0.1) is 13.8 Å². The van der Waals surface area contributed by atoms with Gasteiger partial charge < -0.3 is 5.32 Å². The van der Waals surface area contributed by atoms with E-state index in [9.17, 15) is 4.79 Å². The van der Waals surface area contributed by atoms with Gasteiger partial charge in [-0.3, -0.25) is 13.8 Å². The molecule has 0 amide bonds. The van der Waals surface area contributed by atoms with E-state index in [1.54, 1.807) is 29.4 Å². The number of imidazole rings is 1. The van der Waals surface area contributed by atoms with E-state index in [4.69, 9.17) is 0 Å². The minimum atomic E-state index is -0.0293. The number of aryl methyl sites for hydroxylation is 4. The van der Waals surface area contributed by atoms with E-state index in [1.807, 2.05) is 49.8 Å². The smallest absolute Gasteiger partial charge is 0.328 e. The van der Waals surface area contributed by atoms with E-state index < -0.39 is 0 Å². The van der Waals surface area contributed by atoms with Gasteiger partial charge in [0.05, 0.1) is 22.4 Å². The highest BCUT2D eigenvalue weighted by Gasteiger charge is 2.14. The fraction of sp³-hybridized carbons (Fsp3) is 0.300. The van der Waals surface area contributed by atoms with Crippen LogP contribution < -0.4 is 11.0 Å². The molecule has 0 bridgehead atoms. The van der Waals surface area contributed by atoms with Crippen molar-refractivity contribution < 1.29 is 0 Å². The Balaban J connectivity index is 1.60. The van der Waals surface area contributed by atoms with Crippen LogP contribution in [0.2, 0.25) is 0 Å². The molecule has 3 heterocycles. The first-order chi connectivity index (χ1) is 13.4. The highest BCUT2D eigenvalue weighted by molar-refractivity contribution is 5.77. The molecular formula is C20H23N7O. The second kappa shape index (κ2) is 6.63. The maximum absolute atomic E-state index is 12.1. The average molecular weight is 377 g/mol. The van der Waals surface area contributed by atoms with Crippen LogP contribution in [0.1, 0.15) is 17.0 Å². The molecule has 4 rings (SSSR count). The maximum atomic E-state index is 12.1. The quantitative estimate of drug-likeness (QED) is 0.590. The van der Waals surface area contributed by atoms with Crippen LogP contribution in [-0.4, -0.2) is 28.9 Å². The van der Waals surface area contributed by atoms with E-state index in [2.05, 4.69) is 20.4 Å². The molecule has 28 heavy (non-hydrogen) atoms. The number of nitrogens with one attached hydrogen (secondary N) is 1. The van der Waals surface area contributed by atoms with Gasteiger partial charge in [0.15, 0.2) is 0 Å². The van der Waals surface area contributed by atoms with Gasteiger partial charge in [-0.2, -0.15) is 5.10 Å². The normalized spacial score (nSPS) is 11.3. The van der Waals surface area contributed by atoms with Crippen LogP contribution in [-0.2, 0) is 27.7 Å². The number of rotatable bonds is 4. The summed E-state index contributed by atoms with van der Waals surface area (Å²) in [6.07, 6.45) is 1.75. The molecule has 3 aromatic heterocycles. The summed E-state index contributed by atoms with van der Waals surface area (Å²) >= 11 is 0. The zero-order valence-corrected chi connectivity index (χ0v) is 16.7. The Labute approximate surface area is 162 Å². The summed E-state index contributed by atoms with van der Waals surface area (Å²) in [6.45, 7) is 4.58. The van der Waals surface area contributed by atoms with E-state index in [-0.39, 0.29) is 5.69 Å². The molecule has 0 saturated heterocycles. The topological polar surface area (TPSA) is 82.6 Å². The molecule has 8 heteroatoms. The first-order valence-electron chi connectivity index (χ1n) is 9.08. The molecule has 144 valence electrons. The molecule has 1 N–H and O–H groups in total. The molecule has 0 unspecified atom stereocenters. The van der Waals surface area contributed by atoms with Gasteiger partial charge in [-0.15, -0.1) is 0 Å². The molecular weight excluding hydrogens is 354 g/mol. The lowest BCUT2D eigenvalue weighted by atomic mass is 10.1. The third-order valence-corrected chi connectivity index (χ3v) is 5.21. The minimum absolute atomic E-state index is 0.0293. The predicted molar refractivity (Wildman–Crippen MR) is 109 cm³/mol. The third-order valence-electron chi connectivity index (χ3n) is 5.21. The van der Waals surface area contributed by atoms with Crippen molar-refractivity contribution in [2.24, 2.45) is 21.1 Å². The van der Waals surface area contributed by atoms with Crippen molar-refractivity contribution in [1.29, 1.82) is 0 Å². The standard InChI is InChI=1S/C20H23N7O/c1-12-18(13(2)27(5)24-12)15-8-9-21-19(23-15)22-11-14-6-7-16-17(10-14)26(4)20(28)25(16)3/h6-10H,11H2,1-5H3,(H,21,22,23). The summed E-state index contributed by atoms with van der Waals surface area (Å²) in [4.78, 5) is 21.1. The van der Waals surface area contributed by atoms with Crippen molar-refractivity contribution in [3.05, 3.63) is 57.9 Å². The van der Waals surface area contributed by atoms with Crippen molar-refractivity contribution in [1.82, 2.24) is 28.9 Å². The fourth-order valence-corrected chi connectivity index (χ4v) is 3.57. The monoisotopic (exact) mass is 377 g/mol. The lowest BCUT2D eigenvalue weighted by Crippen LogP contribution is -2.19. The van der Waals surface area contributed by atoms with Crippen molar-refractivity contribution in [3.8, 4) is 11.3 Å².